The smallest absolute Gasteiger partial charge is 0.260 e. The number of carbonyl (C=O) groups excluding carboxylic acids is 2. The van der Waals surface area contributed by atoms with Crippen molar-refractivity contribution in [3.8, 4) is 10.6 Å². The van der Waals surface area contributed by atoms with Crippen molar-refractivity contribution in [2.24, 2.45) is 5.73 Å². The predicted molar refractivity (Wildman–Crippen MR) is 90.9 cm³/mol. The maximum absolute atomic E-state index is 12.3. The van der Waals surface area contributed by atoms with Crippen molar-refractivity contribution in [2.45, 2.75) is 6.92 Å². The van der Waals surface area contributed by atoms with Gasteiger partial charge in [-0.2, -0.15) is 0 Å². The lowest BCUT2D eigenvalue weighted by Crippen LogP contribution is -2.14. The molecule has 0 aromatic carbocycles. The molecule has 0 saturated carbocycles. The first-order valence-corrected chi connectivity index (χ1v) is 8.32. The van der Waals surface area contributed by atoms with Crippen LogP contribution >= 0.6 is 22.7 Å². The third kappa shape index (κ3) is 3.27. The number of nitrogens with two attached hydrogens (primary N) is 1. The van der Waals surface area contributed by atoms with Crippen LogP contribution < -0.4 is 11.1 Å². The summed E-state index contributed by atoms with van der Waals surface area (Å²) in [7, 11) is 0. The van der Waals surface area contributed by atoms with Gasteiger partial charge in [-0.15, -0.1) is 11.3 Å². The molecule has 0 atom stereocenters. The van der Waals surface area contributed by atoms with Gasteiger partial charge in [0, 0.05) is 0 Å². The number of aryl methyl sites for hydroxylation is 1. The summed E-state index contributed by atoms with van der Waals surface area (Å²) in [5.74, 6) is -0.890. The number of thiophene rings is 1. The molecule has 8 heteroatoms. The number of primary amides is 1. The number of aromatic nitrogens is 2. The number of thiazole rings is 1. The molecular weight excluding hydrogens is 332 g/mol. The van der Waals surface area contributed by atoms with Gasteiger partial charge in [-0.3, -0.25) is 19.9 Å². The van der Waals surface area contributed by atoms with E-state index in [1.807, 2.05) is 23.6 Å². The SMILES string of the molecule is Cc1nc(-c2cccs2)ccc1C(=O)Nc1ncc(C(N)=O)s1. The predicted octanol–water partition coefficient (Wildman–Crippen LogP) is 2.93. The number of rotatable bonds is 4. The summed E-state index contributed by atoms with van der Waals surface area (Å²) < 4.78 is 0. The maximum atomic E-state index is 12.3. The van der Waals surface area contributed by atoms with E-state index >= 15 is 0 Å². The minimum atomic E-state index is -0.568. The molecule has 3 N–H and O–H groups in total. The lowest BCUT2D eigenvalue weighted by molar-refractivity contribution is 0.100. The molecule has 3 rings (SSSR count). The standard InChI is InChI=1S/C15H12N4O2S2/c1-8-9(4-5-10(18-8)11-3-2-6-22-11)14(21)19-15-17-7-12(23-15)13(16)20/h2-7H,1H3,(H2,16,20)(H,17,19,21). The highest BCUT2D eigenvalue weighted by atomic mass is 32.1. The zero-order chi connectivity index (χ0) is 16.4. The summed E-state index contributed by atoms with van der Waals surface area (Å²) in [6.45, 7) is 1.78. The summed E-state index contributed by atoms with van der Waals surface area (Å²) in [6.07, 6.45) is 1.34. The Labute approximate surface area is 140 Å². The molecule has 0 saturated heterocycles. The maximum Gasteiger partial charge on any atom is 0.260 e. The Balaban J connectivity index is 1.80. The molecule has 2 amide bonds. The van der Waals surface area contributed by atoms with Crippen molar-refractivity contribution in [1.29, 1.82) is 0 Å². The highest BCUT2D eigenvalue weighted by Crippen LogP contribution is 2.24. The van der Waals surface area contributed by atoms with Crippen LogP contribution in [0, 0.1) is 6.92 Å². The van der Waals surface area contributed by atoms with Crippen molar-refractivity contribution in [2.75, 3.05) is 5.32 Å². The number of hydrogen-bond donors (Lipinski definition) is 2. The van der Waals surface area contributed by atoms with Crippen molar-refractivity contribution >= 4 is 39.6 Å². The zero-order valence-corrected chi connectivity index (χ0v) is 13.7. The summed E-state index contributed by atoms with van der Waals surface area (Å²) in [4.78, 5) is 33.1. The van der Waals surface area contributed by atoms with Gasteiger partial charge < -0.3 is 5.73 Å². The van der Waals surface area contributed by atoms with Crippen LogP contribution in [0.4, 0.5) is 5.13 Å². The van der Waals surface area contributed by atoms with Crippen LogP contribution in [0.2, 0.25) is 0 Å². The summed E-state index contributed by atoms with van der Waals surface area (Å²) in [6, 6.07) is 7.48. The number of nitrogens with one attached hydrogen (secondary N) is 1. The van der Waals surface area contributed by atoms with Gasteiger partial charge in [0.25, 0.3) is 11.8 Å². The highest BCUT2D eigenvalue weighted by molar-refractivity contribution is 7.17. The molecule has 23 heavy (non-hydrogen) atoms. The fourth-order valence-electron chi connectivity index (χ4n) is 1.97. The van der Waals surface area contributed by atoms with Gasteiger partial charge in [-0.05, 0) is 30.5 Å². The monoisotopic (exact) mass is 344 g/mol. The van der Waals surface area contributed by atoms with Crippen LogP contribution in [0.15, 0.2) is 35.8 Å². The Morgan fingerprint density at radius 2 is 2.09 bits per heavy atom. The zero-order valence-electron chi connectivity index (χ0n) is 12.1. The first-order chi connectivity index (χ1) is 11.0. The Morgan fingerprint density at radius 1 is 1.26 bits per heavy atom. The normalized spacial score (nSPS) is 10.5. The number of anilines is 1. The van der Waals surface area contributed by atoms with E-state index in [2.05, 4.69) is 15.3 Å². The molecule has 0 spiro atoms. The average Bonchev–Trinajstić information content (AvgIpc) is 3.18. The second kappa shape index (κ2) is 6.27. The molecule has 3 aromatic rings. The molecule has 0 unspecified atom stereocenters. The van der Waals surface area contributed by atoms with Gasteiger partial charge in [0.2, 0.25) is 0 Å². The first-order valence-electron chi connectivity index (χ1n) is 6.63. The van der Waals surface area contributed by atoms with Crippen LogP contribution in [-0.4, -0.2) is 21.8 Å². The summed E-state index contributed by atoms with van der Waals surface area (Å²) >= 11 is 2.63. The molecule has 116 valence electrons. The molecule has 0 aliphatic rings. The van der Waals surface area contributed by atoms with Crippen LogP contribution in [0.3, 0.4) is 0 Å². The van der Waals surface area contributed by atoms with Gasteiger partial charge >= 0.3 is 0 Å². The lowest BCUT2D eigenvalue weighted by Gasteiger charge is -2.06. The van der Waals surface area contributed by atoms with Gasteiger partial charge in [-0.25, -0.2) is 4.98 Å². The third-order valence-electron chi connectivity index (χ3n) is 3.07. The van der Waals surface area contributed by atoms with E-state index in [0.717, 1.165) is 21.9 Å². The molecule has 0 fully saturated rings. The topological polar surface area (TPSA) is 98.0 Å². The lowest BCUT2D eigenvalue weighted by atomic mass is 10.1. The summed E-state index contributed by atoms with van der Waals surface area (Å²) in [5, 5.41) is 4.95. The Kier molecular flexibility index (Phi) is 4.18. The largest absolute Gasteiger partial charge is 0.365 e. The second-order valence-electron chi connectivity index (χ2n) is 4.65. The van der Waals surface area contributed by atoms with Gasteiger partial charge in [-0.1, -0.05) is 17.4 Å². The fraction of sp³-hybridized carbons (Fsp3) is 0.0667. The van der Waals surface area contributed by atoms with E-state index in [0.29, 0.717) is 21.3 Å². The molecule has 0 aliphatic heterocycles. The molecule has 0 aliphatic carbocycles. The van der Waals surface area contributed by atoms with E-state index in [4.69, 9.17) is 5.73 Å². The van der Waals surface area contributed by atoms with Crippen molar-refractivity contribution < 1.29 is 9.59 Å². The van der Waals surface area contributed by atoms with Gasteiger partial charge in [0.05, 0.1) is 28.0 Å². The first kappa shape index (κ1) is 15.3. The number of amides is 2. The minimum Gasteiger partial charge on any atom is -0.365 e. The second-order valence-corrected chi connectivity index (χ2v) is 6.63. The Morgan fingerprint density at radius 3 is 2.70 bits per heavy atom. The Hall–Kier alpha value is -2.58. The average molecular weight is 344 g/mol. The van der Waals surface area contributed by atoms with Crippen molar-refractivity contribution in [3.05, 3.63) is 52.0 Å². The third-order valence-corrected chi connectivity index (χ3v) is 4.89. The summed E-state index contributed by atoms with van der Waals surface area (Å²) in [5.41, 5.74) is 7.08. The van der Waals surface area contributed by atoms with E-state index < -0.39 is 5.91 Å². The molecule has 0 radical (unpaired) electrons. The fourth-order valence-corrected chi connectivity index (χ4v) is 3.33. The quantitative estimate of drug-likeness (QED) is 0.760. The molecule has 6 nitrogen and oxygen atoms in total. The Bertz CT molecular complexity index is 871. The van der Waals surface area contributed by atoms with Crippen LogP contribution in [0.25, 0.3) is 10.6 Å². The van der Waals surface area contributed by atoms with Crippen molar-refractivity contribution in [1.82, 2.24) is 9.97 Å². The van der Waals surface area contributed by atoms with Crippen LogP contribution in [0.5, 0.6) is 0 Å². The molecule has 3 aromatic heterocycles. The minimum absolute atomic E-state index is 0.295. The number of hydrogen-bond acceptors (Lipinski definition) is 6. The van der Waals surface area contributed by atoms with Gasteiger partial charge in [0.1, 0.15) is 4.88 Å². The highest BCUT2D eigenvalue weighted by Gasteiger charge is 2.14. The van der Waals surface area contributed by atoms with Crippen LogP contribution in [0.1, 0.15) is 25.7 Å². The number of carbonyl (C=O) groups is 2. The van der Waals surface area contributed by atoms with Crippen molar-refractivity contribution in [3.63, 3.8) is 0 Å². The molecule has 0 bridgehead atoms. The molecule has 3 heterocycles. The van der Waals surface area contributed by atoms with E-state index in [9.17, 15) is 9.59 Å². The number of pyridine rings is 1. The van der Waals surface area contributed by atoms with E-state index in [1.165, 1.54) is 6.20 Å². The number of nitrogens with zero attached hydrogens (tertiary/aromatic N) is 2. The van der Waals surface area contributed by atoms with E-state index in [1.54, 1.807) is 24.3 Å². The van der Waals surface area contributed by atoms with E-state index in [-0.39, 0.29) is 5.91 Å². The van der Waals surface area contributed by atoms with Crippen LogP contribution in [-0.2, 0) is 0 Å². The van der Waals surface area contributed by atoms with Gasteiger partial charge in [0.15, 0.2) is 5.13 Å². The molecular formula is C15H12N4O2S2.